The third kappa shape index (κ3) is 2.34. The number of benzene rings is 1. The molecular weight excluding hydrogens is 186 g/mol. The molecule has 2 rings (SSSR count). The molecule has 2 nitrogen and oxygen atoms in total. The Labute approximate surface area is 88.9 Å². The molecule has 0 saturated heterocycles. The molecule has 0 fully saturated rings. The molecule has 74 valence electrons. The minimum absolute atomic E-state index is 0.463. The van der Waals surface area contributed by atoms with E-state index in [4.69, 9.17) is 4.74 Å². The lowest BCUT2D eigenvalue weighted by Crippen LogP contribution is -1.83. The Kier molecular flexibility index (Phi) is 2.96. The van der Waals surface area contributed by atoms with E-state index in [2.05, 4.69) is 16.8 Å². The lowest BCUT2D eigenvalue weighted by Gasteiger charge is -1.96. The van der Waals surface area contributed by atoms with Gasteiger partial charge in [-0.25, -0.2) is 0 Å². The summed E-state index contributed by atoms with van der Waals surface area (Å²) in [4.78, 5) is 4.25. The Hall–Kier alpha value is -1.85. The normalized spacial score (nSPS) is 9.67. The highest BCUT2D eigenvalue weighted by Crippen LogP contribution is 2.12. The van der Waals surface area contributed by atoms with E-state index in [0.29, 0.717) is 6.61 Å². The second-order valence-corrected chi connectivity index (χ2v) is 3.15. The number of hydrogen-bond acceptors (Lipinski definition) is 2. The summed E-state index contributed by atoms with van der Waals surface area (Å²) in [6, 6.07) is 9.94. The molecule has 0 aliphatic carbocycles. The van der Waals surface area contributed by atoms with Crippen LogP contribution in [0, 0.1) is 11.8 Å². The molecule has 0 atom stereocenters. The Morgan fingerprint density at radius 3 is 3.13 bits per heavy atom. The van der Waals surface area contributed by atoms with Gasteiger partial charge >= 0.3 is 0 Å². The van der Waals surface area contributed by atoms with Crippen LogP contribution in [-0.2, 0) is 4.74 Å². The number of methoxy groups -OCH3 is 1. The first-order valence-corrected chi connectivity index (χ1v) is 4.73. The molecule has 0 amide bonds. The number of pyridine rings is 1. The first kappa shape index (κ1) is 9.70. The van der Waals surface area contributed by atoms with Crippen LogP contribution in [0.3, 0.4) is 0 Å². The van der Waals surface area contributed by atoms with Gasteiger partial charge in [0.1, 0.15) is 6.61 Å². The first-order chi connectivity index (χ1) is 7.40. The summed E-state index contributed by atoms with van der Waals surface area (Å²) in [5, 5.41) is 1.11. The summed E-state index contributed by atoms with van der Waals surface area (Å²) in [5.41, 5.74) is 1.99. The fraction of sp³-hybridized carbons (Fsp3) is 0.154. The van der Waals surface area contributed by atoms with Crippen LogP contribution in [-0.4, -0.2) is 18.7 Å². The summed E-state index contributed by atoms with van der Waals surface area (Å²) in [5.74, 6) is 5.96. The SMILES string of the molecule is COCC#Cc1ccc2ncccc2c1. The van der Waals surface area contributed by atoms with Crippen molar-refractivity contribution in [2.24, 2.45) is 0 Å². The molecule has 2 aromatic rings. The molecule has 0 spiro atoms. The lowest BCUT2D eigenvalue weighted by molar-refractivity contribution is 0.240. The van der Waals surface area contributed by atoms with Crippen molar-refractivity contribution in [3.63, 3.8) is 0 Å². The van der Waals surface area contributed by atoms with Crippen LogP contribution in [0.15, 0.2) is 36.5 Å². The Bertz CT molecular complexity index is 523. The lowest BCUT2D eigenvalue weighted by atomic mass is 10.1. The predicted octanol–water partition coefficient (Wildman–Crippen LogP) is 2.23. The van der Waals surface area contributed by atoms with E-state index in [9.17, 15) is 0 Å². The Morgan fingerprint density at radius 1 is 1.33 bits per heavy atom. The number of nitrogens with zero attached hydrogens (tertiary/aromatic N) is 1. The van der Waals surface area contributed by atoms with Gasteiger partial charge in [-0.1, -0.05) is 17.9 Å². The molecule has 1 aromatic carbocycles. The van der Waals surface area contributed by atoms with Gasteiger partial charge in [0.15, 0.2) is 0 Å². The molecule has 0 bridgehead atoms. The maximum Gasteiger partial charge on any atom is 0.107 e. The molecule has 1 heterocycles. The highest BCUT2D eigenvalue weighted by molar-refractivity contribution is 5.79. The zero-order valence-corrected chi connectivity index (χ0v) is 8.53. The second-order valence-electron chi connectivity index (χ2n) is 3.15. The van der Waals surface area contributed by atoms with Crippen LogP contribution in [0.1, 0.15) is 5.56 Å². The molecule has 1 aromatic heterocycles. The van der Waals surface area contributed by atoms with Gasteiger partial charge in [-0.3, -0.25) is 4.98 Å². The highest BCUT2D eigenvalue weighted by atomic mass is 16.5. The van der Waals surface area contributed by atoms with Crippen molar-refractivity contribution in [2.75, 3.05) is 13.7 Å². The van der Waals surface area contributed by atoms with Gasteiger partial charge in [-0.05, 0) is 24.3 Å². The monoisotopic (exact) mass is 197 g/mol. The van der Waals surface area contributed by atoms with Gasteiger partial charge in [0.05, 0.1) is 5.52 Å². The molecule has 0 N–H and O–H groups in total. The molecule has 0 saturated carbocycles. The van der Waals surface area contributed by atoms with Crippen LogP contribution < -0.4 is 0 Å². The fourth-order valence-electron chi connectivity index (χ4n) is 1.36. The second kappa shape index (κ2) is 4.59. The van der Waals surface area contributed by atoms with Crippen molar-refractivity contribution in [1.29, 1.82) is 0 Å². The van der Waals surface area contributed by atoms with E-state index in [1.54, 1.807) is 13.3 Å². The van der Waals surface area contributed by atoms with Crippen LogP contribution in [0.4, 0.5) is 0 Å². The number of rotatable bonds is 1. The van der Waals surface area contributed by atoms with E-state index >= 15 is 0 Å². The van der Waals surface area contributed by atoms with E-state index in [1.165, 1.54) is 0 Å². The third-order valence-corrected chi connectivity index (χ3v) is 2.05. The third-order valence-electron chi connectivity index (χ3n) is 2.05. The summed E-state index contributed by atoms with van der Waals surface area (Å²) < 4.78 is 4.87. The maximum absolute atomic E-state index is 4.87. The van der Waals surface area contributed by atoms with E-state index in [0.717, 1.165) is 16.5 Å². The Balaban J connectivity index is 2.36. The number of ether oxygens (including phenoxy) is 1. The number of hydrogen-bond donors (Lipinski definition) is 0. The smallest absolute Gasteiger partial charge is 0.107 e. The van der Waals surface area contributed by atoms with Gasteiger partial charge in [0, 0.05) is 24.3 Å². The van der Waals surface area contributed by atoms with E-state index < -0.39 is 0 Å². The first-order valence-electron chi connectivity index (χ1n) is 4.73. The van der Waals surface area contributed by atoms with Gasteiger partial charge in [0.2, 0.25) is 0 Å². The molecular formula is C13H11NO. The van der Waals surface area contributed by atoms with Gasteiger partial charge in [0.25, 0.3) is 0 Å². The van der Waals surface area contributed by atoms with Crippen molar-refractivity contribution in [2.45, 2.75) is 0 Å². The zero-order chi connectivity index (χ0) is 10.5. The summed E-state index contributed by atoms with van der Waals surface area (Å²) in [6.45, 7) is 0.463. The highest BCUT2D eigenvalue weighted by Gasteiger charge is 1.93. The molecule has 2 heteroatoms. The number of aromatic nitrogens is 1. The largest absolute Gasteiger partial charge is 0.372 e. The van der Waals surface area contributed by atoms with Crippen molar-refractivity contribution in [1.82, 2.24) is 4.98 Å². The molecule has 0 radical (unpaired) electrons. The zero-order valence-electron chi connectivity index (χ0n) is 8.53. The minimum atomic E-state index is 0.463. The van der Waals surface area contributed by atoms with Crippen molar-refractivity contribution in [3.8, 4) is 11.8 Å². The molecule has 15 heavy (non-hydrogen) atoms. The van der Waals surface area contributed by atoms with E-state index in [-0.39, 0.29) is 0 Å². The van der Waals surface area contributed by atoms with Crippen LogP contribution in [0.5, 0.6) is 0 Å². The fourth-order valence-corrected chi connectivity index (χ4v) is 1.36. The van der Waals surface area contributed by atoms with Crippen molar-refractivity contribution >= 4 is 10.9 Å². The van der Waals surface area contributed by atoms with Crippen LogP contribution >= 0.6 is 0 Å². The average Bonchev–Trinajstić information content (AvgIpc) is 2.29. The predicted molar refractivity (Wildman–Crippen MR) is 60.5 cm³/mol. The summed E-state index contributed by atoms with van der Waals surface area (Å²) in [6.07, 6.45) is 1.79. The topological polar surface area (TPSA) is 22.1 Å². The number of fused-ring (bicyclic) bond motifs is 1. The van der Waals surface area contributed by atoms with Gasteiger partial charge in [-0.15, -0.1) is 0 Å². The van der Waals surface area contributed by atoms with Crippen LogP contribution in [0.25, 0.3) is 10.9 Å². The van der Waals surface area contributed by atoms with E-state index in [1.807, 2.05) is 30.3 Å². The minimum Gasteiger partial charge on any atom is -0.372 e. The summed E-state index contributed by atoms with van der Waals surface area (Å²) >= 11 is 0. The summed E-state index contributed by atoms with van der Waals surface area (Å²) in [7, 11) is 1.64. The maximum atomic E-state index is 4.87. The Morgan fingerprint density at radius 2 is 2.27 bits per heavy atom. The van der Waals surface area contributed by atoms with Crippen molar-refractivity contribution < 1.29 is 4.74 Å². The van der Waals surface area contributed by atoms with Crippen molar-refractivity contribution in [3.05, 3.63) is 42.1 Å². The van der Waals surface area contributed by atoms with Gasteiger partial charge in [-0.2, -0.15) is 0 Å². The van der Waals surface area contributed by atoms with Gasteiger partial charge < -0.3 is 4.74 Å². The quantitative estimate of drug-likeness (QED) is 0.654. The van der Waals surface area contributed by atoms with Crippen LogP contribution in [0.2, 0.25) is 0 Å². The standard InChI is InChI=1S/C13H11NO/c1-15-9-3-4-11-6-7-13-12(10-11)5-2-8-14-13/h2,5-8,10H,9H2,1H3. The average molecular weight is 197 g/mol. The molecule has 0 aliphatic rings. The molecule has 0 aliphatic heterocycles. The molecule has 0 unspecified atom stereocenters.